The Labute approximate surface area is 105 Å². The second-order valence-electron chi connectivity index (χ2n) is 4.00. The van der Waals surface area contributed by atoms with Gasteiger partial charge >= 0.3 is 0 Å². The van der Waals surface area contributed by atoms with E-state index in [-0.39, 0.29) is 0 Å². The Morgan fingerprint density at radius 1 is 1.29 bits per heavy atom. The number of aryl methyl sites for hydroxylation is 2. The SMILES string of the molecule is Cc1cc(Cl)ccc1-n1nc(C)c(C#N)c1C. The Bertz CT molecular complexity index is 620. The zero-order chi connectivity index (χ0) is 12.6. The Balaban J connectivity index is 2.66. The van der Waals surface area contributed by atoms with Crippen molar-refractivity contribution >= 4 is 11.6 Å². The fourth-order valence-corrected chi connectivity index (χ4v) is 2.12. The molecule has 0 spiro atoms. The number of aromatic nitrogens is 2. The van der Waals surface area contributed by atoms with Crippen LogP contribution in [0.4, 0.5) is 0 Å². The zero-order valence-corrected chi connectivity index (χ0v) is 10.7. The predicted molar refractivity (Wildman–Crippen MR) is 67.5 cm³/mol. The van der Waals surface area contributed by atoms with Crippen LogP contribution in [0.3, 0.4) is 0 Å². The van der Waals surface area contributed by atoms with Crippen LogP contribution >= 0.6 is 11.6 Å². The molecule has 0 bridgehead atoms. The summed E-state index contributed by atoms with van der Waals surface area (Å²) in [4.78, 5) is 0. The normalized spacial score (nSPS) is 10.3. The van der Waals surface area contributed by atoms with Gasteiger partial charge in [0.05, 0.1) is 22.6 Å². The molecule has 0 N–H and O–H groups in total. The Kier molecular flexibility index (Phi) is 2.91. The van der Waals surface area contributed by atoms with E-state index in [1.54, 1.807) is 4.68 Å². The van der Waals surface area contributed by atoms with E-state index < -0.39 is 0 Å². The van der Waals surface area contributed by atoms with Gasteiger partial charge in [-0.15, -0.1) is 0 Å². The standard InChI is InChI=1S/C13H12ClN3/c1-8-6-11(14)4-5-13(8)17-10(3)12(7-15)9(2)16-17/h4-6H,1-3H3. The van der Waals surface area contributed by atoms with E-state index in [0.717, 1.165) is 22.6 Å². The van der Waals surface area contributed by atoms with Gasteiger partial charge in [-0.2, -0.15) is 10.4 Å². The molecule has 1 aromatic carbocycles. The van der Waals surface area contributed by atoms with Crippen molar-refractivity contribution in [2.24, 2.45) is 0 Å². The molecule has 2 aromatic rings. The fourth-order valence-electron chi connectivity index (χ4n) is 1.90. The highest BCUT2D eigenvalue weighted by Crippen LogP contribution is 2.22. The molecule has 0 radical (unpaired) electrons. The smallest absolute Gasteiger partial charge is 0.103 e. The number of nitrogens with zero attached hydrogens (tertiary/aromatic N) is 3. The van der Waals surface area contributed by atoms with E-state index in [2.05, 4.69) is 11.2 Å². The Hall–Kier alpha value is -1.79. The summed E-state index contributed by atoms with van der Waals surface area (Å²) in [6.07, 6.45) is 0. The molecule has 1 heterocycles. The molecule has 0 atom stereocenters. The first-order valence-corrected chi connectivity index (χ1v) is 5.65. The quantitative estimate of drug-likeness (QED) is 0.773. The van der Waals surface area contributed by atoms with Crippen molar-refractivity contribution in [2.45, 2.75) is 20.8 Å². The van der Waals surface area contributed by atoms with Gasteiger partial charge in [-0.05, 0) is 44.5 Å². The lowest BCUT2D eigenvalue weighted by Gasteiger charge is -2.08. The van der Waals surface area contributed by atoms with Crippen LogP contribution in [0.15, 0.2) is 18.2 Å². The monoisotopic (exact) mass is 245 g/mol. The molecule has 4 heteroatoms. The Morgan fingerprint density at radius 2 is 2.00 bits per heavy atom. The number of hydrogen-bond donors (Lipinski definition) is 0. The minimum Gasteiger partial charge on any atom is -0.236 e. The van der Waals surface area contributed by atoms with Crippen molar-refractivity contribution in [3.63, 3.8) is 0 Å². The van der Waals surface area contributed by atoms with E-state index >= 15 is 0 Å². The Morgan fingerprint density at radius 3 is 2.53 bits per heavy atom. The molecule has 17 heavy (non-hydrogen) atoms. The molecule has 1 aromatic heterocycles. The van der Waals surface area contributed by atoms with Gasteiger partial charge in [0.1, 0.15) is 6.07 Å². The molecule has 0 saturated carbocycles. The summed E-state index contributed by atoms with van der Waals surface area (Å²) in [6.45, 7) is 5.71. The highest BCUT2D eigenvalue weighted by atomic mass is 35.5. The topological polar surface area (TPSA) is 41.6 Å². The van der Waals surface area contributed by atoms with Gasteiger partial charge in [-0.25, -0.2) is 4.68 Å². The number of benzene rings is 1. The third-order valence-electron chi connectivity index (χ3n) is 2.79. The van der Waals surface area contributed by atoms with Crippen LogP contribution in [-0.2, 0) is 0 Å². The first-order valence-electron chi connectivity index (χ1n) is 5.27. The van der Waals surface area contributed by atoms with E-state index in [4.69, 9.17) is 16.9 Å². The summed E-state index contributed by atoms with van der Waals surface area (Å²) in [5, 5.41) is 14.1. The van der Waals surface area contributed by atoms with Crippen LogP contribution in [0.25, 0.3) is 5.69 Å². The zero-order valence-electron chi connectivity index (χ0n) is 9.95. The number of nitriles is 1. The van der Waals surface area contributed by atoms with Crippen LogP contribution in [0.1, 0.15) is 22.5 Å². The van der Waals surface area contributed by atoms with Crippen molar-refractivity contribution < 1.29 is 0 Å². The highest BCUT2D eigenvalue weighted by molar-refractivity contribution is 6.30. The predicted octanol–water partition coefficient (Wildman–Crippen LogP) is 3.32. The van der Waals surface area contributed by atoms with Gasteiger partial charge in [0, 0.05) is 5.02 Å². The maximum Gasteiger partial charge on any atom is 0.103 e. The third-order valence-corrected chi connectivity index (χ3v) is 3.03. The van der Waals surface area contributed by atoms with Gasteiger partial charge in [-0.1, -0.05) is 11.6 Å². The van der Waals surface area contributed by atoms with Gasteiger partial charge in [-0.3, -0.25) is 0 Å². The minimum atomic E-state index is 0.638. The molecule has 2 rings (SSSR count). The lowest BCUT2D eigenvalue weighted by molar-refractivity contribution is 0.827. The van der Waals surface area contributed by atoms with Crippen molar-refractivity contribution in [1.29, 1.82) is 5.26 Å². The molecular formula is C13H12ClN3. The average molecular weight is 246 g/mol. The molecule has 0 amide bonds. The molecule has 0 unspecified atom stereocenters. The number of hydrogen-bond acceptors (Lipinski definition) is 2. The molecule has 0 aliphatic rings. The molecule has 0 saturated heterocycles. The van der Waals surface area contributed by atoms with E-state index in [0.29, 0.717) is 10.6 Å². The minimum absolute atomic E-state index is 0.638. The average Bonchev–Trinajstić information content (AvgIpc) is 2.54. The number of halogens is 1. The van der Waals surface area contributed by atoms with Crippen LogP contribution in [-0.4, -0.2) is 9.78 Å². The largest absolute Gasteiger partial charge is 0.236 e. The summed E-state index contributed by atoms with van der Waals surface area (Å²) in [6, 6.07) is 7.80. The lowest BCUT2D eigenvalue weighted by atomic mass is 10.2. The van der Waals surface area contributed by atoms with Crippen molar-refractivity contribution in [2.75, 3.05) is 0 Å². The lowest BCUT2D eigenvalue weighted by Crippen LogP contribution is -2.01. The van der Waals surface area contributed by atoms with Gasteiger partial charge in [0.25, 0.3) is 0 Å². The summed E-state index contributed by atoms with van der Waals surface area (Å²) < 4.78 is 1.79. The number of rotatable bonds is 1. The van der Waals surface area contributed by atoms with Gasteiger partial charge in [0.2, 0.25) is 0 Å². The van der Waals surface area contributed by atoms with Crippen molar-refractivity contribution in [3.8, 4) is 11.8 Å². The maximum absolute atomic E-state index is 9.05. The molecule has 0 aliphatic heterocycles. The van der Waals surface area contributed by atoms with Crippen LogP contribution in [0.2, 0.25) is 5.02 Å². The van der Waals surface area contributed by atoms with Crippen molar-refractivity contribution in [3.05, 3.63) is 45.7 Å². The summed E-state index contributed by atoms with van der Waals surface area (Å²) in [7, 11) is 0. The summed E-state index contributed by atoms with van der Waals surface area (Å²) in [5.74, 6) is 0. The second-order valence-corrected chi connectivity index (χ2v) is 4.44. The molecule has 3 nitrogen and oxygen atoms in total. The molecule has 0 fully saturated rings. The van der Waals surface area contributed by atoms with E-state index in [9.17, 15) is 0 Å². The van der Waals surface area contributed by atoms with Gasteiger partial charge in [0.15, 0.2) is 0 Å². The molecule has 0 aliphatic carbocycles. The molecular weight excluding hydrogens is 234 g/mol. The van der Waals surface area contributed by atoms with Crippen LogP contribution < -0.4 is 0 Å². The summed E-state index contributed by atoms with van der Waals surface area (Å²) in [5.41, 5.74) is 4.23. The molecule has 86 valence electrons. The summed E-state index contributed by atoms with van der Waals surface area (Å²) >= 11 is 5.93. The second kappa shape index (κ2) is 4.23. The van der Waals surface area contributed by atoms with Crippen LogP contribution in [0, 0.1) is 32.1 Å². The fraction of sp³-hybridized carbons (Fsp3) is 0.231. The van der Waals surface area contributed by atoms with Gasteiger partial charge < -0.3 is 0 Å². The van der Waals surface area contributed by atoms with E-state index in [1.807, 2.05) is 39.0 Å². The first kappa shape index (κ1) is 11.7. The van der Waals surface area contributed by atoms with E-state index in [1.165, 1.54) is 0 Å². The van der Waals surface area contributed by atoms with Crippen molar-refractivity contribution in [1.82, 2.24) is 9.78 Å². The highest BCUT2D eigenvalue weighted by Gasteiger charge is 2.13. The first-order chi connectivity index (χ1) is 8.04. The third kappa shape index (κ3) is 1.92. The van der Waals surface area contributed by atoms with Crippen LogP contribution in [0.5, 0.6) is 0 Å². The maximum atomic E-state index is 9.05.